The van der Waals surface area contributed by atoms with Crippen LogP contribution in [0.4, 0.5) is 0 Å². The zero-order chi connectivity index (χ0) is 38.8. The molecule has 14 nitrogen and oxygen atoms in total. The first-order valence-corrected chi connectivity index (χ1v) is 19.6. The second-order valence-corrected chi connectivity index (χ2v) is 15.9. The number of rotatable bonds is 18. The Labute approximate surface area is 317 Å². The van der Waals surface area contributed by atoms with Crippen LogP contribution in [0.2, 0.25) is 0 Å². The van der Waals surface area contributed by atoms with Crippen LogP contribution in [0.25, 0.3) is 0 Å². The zero-order valence-corrected chi connectivity index (χ0v) is 33.2. The topological polar surface area (TPSA) is 173 Å². The largest absolute Gasteiger partial charge is 0.469 e. The van der Waals surface area contributed by atoms with Crippen LogP contribution in [0.1, 0.15) is 112 Å². The van der Waals surface area contributed by atoms with Gasteiger partial charge in [-0.05, 0) is 76.4 Å². The molecule has 4 rings (SSSR count). The summed E-state index contributed by atoms with van der Waals surface area (Å²) in [5.41, 5.74) is 1.09. The molecule has 15 heteroatoms. The number of esters is 2. The molecule has 2 aromatic heterocycles. The van der Waals surface area contributed by atoms with Crippen molar-refractivity contribution in [2.24, 2.45) is 17.8 Å². The molecule has 6 atom stereocenters. The Hall–Kier alpha value is -3.98. The van der Waals surface area contributed by atoms with Gasteiger partial charge in [0.2, 0.25) is 11.8 Å². The molecule has 3 amide bonds. The minimum absolute atomic E-state index is 0.0279. The van der Waals surface area contributed by atoms with E-state index in [1.807, 2.05) is 27.8 Å². The van der Waals surface area contributed by atoms with E-state index in [9.17, 15) is 24.0 Å². The van der Waals surface area contributed by atoms with Crippen LogP contribution < -0.4 is 10.6 Å². The Morgan fingerprint density at radius 1 is 1.04 bits per heavy atom. The molecular weight excluding hydrogens is 699 g/mol. The predicted molar refractivity (Wildman–Crippen MR) is 200 cm³/mol. The van der Waals surface area contributed by atoms with Crippen molar-refractivity contribution in [3.05, 3.63) is 39.9 Å². The third kappa shape index (κ3) is 12.0. The minimum atomic E-state index is -0.819. The molecule has 292 valence electrons. The Balaban J connectivity index is 1.47. The van der Waals surface area contributed by atoms with Crippen molar-refractivity contribution in [2.45, 2.75) is 123 Å². The van der Waals surface area contributed by atoms with Gasteiger partial charge in [0.25, 0.3) is 5.91 Å². The molecule has 0 radical (unpaired) electrons. The summed E-state index contributed by atoms with van der Waals surface area (Å²) in [4.78, 5) is 82.7. The average Bonchev–Trinajstić information content (AvgIpc) is 3.85. The highest BCUT2D eigenvalue weighted by Crippen LogP contribution is 2.36. The van der Waals surface area contributed by atoms with Gasteiger partial charge in [-0.1, -0.05) is 27.2 Å². The van der Waals surface area contributed by atoms with Gasteiger partial charge in [0.15, 0.2) is 6.10 Å². The minimum Gasteiger partial charge on any atom is -0.469 e. The van der Waals surface area contributed by atoms with Crippen molar-refractivity contribution in [3.8, 4) is 0 Å². The van der Waals surface area contributed by atoms with E-state index in [1.165, 1.54) is 25.4 Å². The van der Waals surface area contributed by atoms with Crippen LogP contribution >= 0.6 is 11.3 Å². The van der Waals surface area contributed by atoms with E-state index in [-0.39, 0.29) is 53.8 Å². The smallest absolute Gasteiger partial charge is 0.308 e. The molecule has 1 saturated carbocycles. The van der Waals surface area contributed by atoms with Crippen molar-refractivity contribution >= 4 is 41.0 Å². The lowest BCUT2D eigenvalue weighted by molar-refractivity contribution is -0.149. The number of piperidine rings is 1. The Morgan fingerprint density at radius 3 is 2.34 bits per heavy atom. The highest BCUT2D eigenvalue weighted by molar-refractivity contribution is 7.09. The van der Waals surface area contributed by atoms with Crippen LogP contribution in [0.3, 0.4) is 0 Å². The summed E-state index contributed by atoms with van der Waals surface area (Å²) in [5, 5.41) is 8.17. The van der Waals surface area contributed by atoms with Crippen molar-refractivity contribution in [2.75, 3.05) is 27.7 Å². The summed E-state index contributed by atoms with van der Waals surface area (Å²) in [5.74, 6) is -1.36. The van der Waals surface area contributed by atoms with Crippen LogP contribution in [0.15, 0.2) is 17.8 Å². The van der Waals surface area contributed by atoms with Crippen LogP contribution in [0.5, 0.6) is 0 Å². The quantitative estimate of drug-likeness (QED) is 0.211. The summed E-state index contributed by atoms with van der Waals surface area (Å²) in [7, 11) is 5.03. The van der Waals surface area contributed by atoms with E-state index in [1.54, 1.807) is 36.6 Å². The lowest BCUT2D eigenvalue weighted by Crippen LogP contribution is -2.56. The van der Waals surface area contributed by atoms with E-state index < -0.39 is 36.0 Å². The van der Waals surface area contributed by atoms with Crippen molar-refractivity contribution in [3.63, 3.8) is 0 Å². The SMILES string of the molecule is COC(=O)[C@@H](C)C[C@H](CCc1ncc(C)cn1)NC(=O)c1csc([C@@H](C[C@H](C(C)C)N(C)C(=O)[C@@H](NC(=O)[C@H]2CCCCN2C)C2CC2)OC(C)=O)n1. The maximum absolute atomic E-state index is 14.1. The van der Waals surface area contributed by atoms with Gasteiger partial charge in [-0.25, -0.2) is 15.0 Å². The van der Waals surface area contributed by atoms with E-state index in [0.29, 0.717) is 30.1 Å². The molecule has 0 unspecified atom stereocenters. The maximum atomic E-state index is 14.1. The second-order valence-electron chi connectivity index (χ2n) is 15.0. The average molecular weight is 756 g/mol. The number of likely N-dealkylation sites (N-methyl/N-ethyl adjacent to an activating group) is 2. The fourth-order valence-corrected chi connectivity index (χ4v) is 7.81. The summed E-state index contributed by atoms with van der Waals surface area (Å²) < 4.78 is 10.7. The van der Waals surface area contributed by atoms with Crippen LogP contribution in [0, 0.1) is 24.7 Å². The number of hydrogen-bond donors (Lipinski definition) is 2. The fourth-order valence-electron chi connectivity index (χ4n) is 6.97. The number of aryl methyl sites for hydroxylation is 2. The van der Waals surface area contributed by atoms with Gasteiger partial charge in [0.1, 0.15) is 22.6 Å². The number of aromatic nitrogens is 3. The number of methoxy groups -OCH3 is 1. The Bertz CT molecular complexity index is 1560. The summed E-state index contributed by atoms with van der Waals surface area (Å²) in [6, 6.07) is -1.64. The van der Waals surface area contributed by atoms with Crippen LogP contribution in [-0.2, 0) is 35.1 Å². The van der Waals surface area contributed by atoms with Gasteiger partial charge in [-0.3, -0.25) is 28.9 Å². The second kappa shape index (κ2) is 19.4. The fraction of sp³-hybridized carbons (Fsp3) is 0.684. The number of amides is 3. The monoisotopic (exact) mass is 755 g/mol. The third-order valence-electron chi connectivity index (χ3n) is 10.3. The highest BCUT2D eigenvalue weighted by atomic mass is 32.1. The van der Waals surface area contributed by atoms with Gasteiger partial charge in [-0.2, -0.15) is 0 Å². The van der Waals surface area contributed by atoms with E-state index >= 15 is 0 Å². The van der Waals surface area contributed by atoms with Gasteiger partial charge >= 0.3 is 11.9 Å². The van der Waals surface area contributed by atoms with Crippen LogP contribution in [-0.4, -0.2) is 106 Å². The zero-order valence-electron chi connectivity index (χ0n) is 32.4. The molecule has 53 heavy (non-hydrogen) atoms. The maximum Gasteiger partial charge on any atom is 0.308 e. The molecule has 1 aliphatic heterocycles. The number of hydrogen-bond acceptors (Lipinski definition) is 12. The summed E-state index contributed by atoms with van der Waals surface area (Å²) in [6.07, 6.45) is 8.78. The van der Waals surface area contributed by atoms with Crippen molar-refractivity contribution in [1.82, 2.24) is 35.4 Å². The number of thiazole rings is 1. The Kier molecular flexibility index (Phi) is 15.3. The van der Waals surface area contributed by atoms with Gasteiger partial charge in [0.05, 0.1) is 19.1 Å². The predicted octanol–water partition coefficient (Wildman–Crippen LogP) is 4.03. The number of ether oxygens (including phenoxy) is 2. The first-order valence-electron chi connectivity index (χ1n) is 18.7. The molecule has 0 spiro atoms. The number of likely N-dealkylation sites (tertiary alicyclic amines) is 1. The summed E-state index contributed by atoms with van der Waals surface area (Å²) >= 11 is 1.20. The number of nitrogens with one attached hydrogen (secondary N) is 2. The Morgan fingerprint density at radius 2 is 1.74 bits per heavy atom. The number of carbonyl (C=O) groups is 5. The molecule has 2 N–H and O–H groups in total. The van der Waals surface area contributed by atoms with E-state index in [0.717, 1.165) is 44.2 Å². The standard InChI is InChI=1S/C38H57N7O7S/c1-22(2)30(45(7)37(49)33(26-12-13-26)43-35(48)29-11-9-10-16-44(29)6)18-31(52-25(5)46)36-42-28(21-53-36)34(47)41-27(17-24(4)38(50)51-8)14-15-32-39-19-23(3)20-40-32/h19-22,24,26-27,29-31,33H,9-18H2,1-8H3,(H,41,47)(H,43,48)/t24-,27-,29+,30+,31+,33-/m0/s1. The first kappa shape index (κ1) is 41.8. The molecule has 3 heterocycles. The lowest BCUT2D eigenvalue weighted by Gasteiger charge is -2.37. The summed E-state index contributed by atoms with van der Waals surface area (Å²) in [6.45, 7) is 9.83. The highest BCUT2D eigenvalue weighted by Gasteiger charge is 2.42. The molecule has 2 aromatic rings. The molecule has 1 saturated heterocycles. The van der Waals surface area contributed by atoms with Gasteiger partial charge < -0.3 is 25.0 Å². The third-order valence-corrected chi connectivity index (χ3v) is 11.2. The lowest BCUT2D eigenvalue weighted by atomic mass is 9.95. The first-order chi connectivity index (χ1) is 25.2. The van der Waals surface area contributed by atoms with Crippen molar-refractivity contribution in [1.29, 1.82) is 0 Å². The normalized spacial score (nSPS) is 19.0. The van der Waals surface area contributed by atoms with Gasteiger partial charge in [0, 0.05) is 56.7 Å². The van der Waals surface area contributed by atoms with Gasteiger partial charge in [-0.15, -0.1) is 11.3 Å². The number of nitrogens with zero attached hydrogens (tertiary/aromatic N) is 5. The molecule has 0 bridgehead atoms. The van der Waals surface area contributed by atoms with E-state index in [2.05, 4.69) is 30.5 Å². The molecular formula is C38H57N7O7S. The van der Waals surface area contributed by atoms with Crippen molar-refractivity contribution < 1.29 is 33.4 Å². The molecule has 0 aromatic carbocycles. The number of carbonyl (C=O) groups excluding carboxylic acids is 5. The molecule has 1 aliphatic carbocycles. The van der Waals surface area contributed by atoms with E-state index in [4.69, 9.17) is 9.47 Å². The molecule has 2 fully saturated rings. The molecule has 2 aliphatic rings.